The van der Waals surface area contributed by atoms with Crippen LogP contribution in [0.3, 0.4) is 0 Å². The molecule has 154 valence electrons. The molecule has 4 rings (SSSR count). The number of morpholine rings is 1. The summed E-state index contributed by atoms with van der Waals surface area (Å²) in [4.78, 5) is 34.3. The van der Waals surface area contributed by atoms with Crippen molar-refractivity contribution in [3.05, 3.63) is 21.4 Å². The first kappa shape index (κ1) is 19.9. The van der Waals surface area contributed by atoms with Gasteiger partial charge in [0, 0.05) is 50.1 Å². The van der Waals surface area contributed by atoms with Crippen molar-refractivity contribution in [1.82, 2.24) is 14.7 Å². The van der Waals surface area contributed by atoms with E-state index < -0.39 is 0 Å². The smallest absolute Gasteiger partial charge is 0.264 e. The van der Waals surface area contributed by atoms with E-state index in [0.717, 1.165) is 56.9 Å². The quantitative estimate of drug-likeness (QED) is 0.768. The molecule has 0 N–H and O–H groups in total. The van der Waals surface area contributed by atoms with Crippen molar-refractivity contribution in [3.63, 3.8) is 0 Å². The third-order valence-electron chi connectivity index (χ3n) is 6.16. The van der Waals surface area contributed by atoms with E-state index in [1.807, 2.05) is 4.90 Å². The van der Waals surface area contributed by atoms with Crippen LogP contribution in [0.15, 0.2) is 6.07 Å². The Kier molecular flexibility index (Phi) is 6.33. The molecule has 0 bridgehead atoms. The lowest BCUT2D eigenvalue weighted by Crippen LogP contribution is -2.50. The molecule has 7 heteroatoms. The SMILES string of the molecule is CCCN1CCN(C(=O)[C@H]2CCc3sc(C(=O)N4CCOCC4)cc3C2)CC1. The second-order valence-electron chi connectivity index (χ2n) is 8.07. The fraction of sp³-hybridized carbons (Fsp3) is 0.714. The summed E-state index contributed by atoms with van der Waals surface area (Å²) in [5, 5.41) is 0. The summed E-state index contributed by atoms with van der Waals surface area (Å²) in [6.45, 7) is 9.62. The van der Waals surface area contributed by atoms with Gasteiger partial charge in [0.1, 0.15) is 0 Å². The maximum atomic E-state index is 13.0. The van der Waals surface area contributed by atoms with Crippen LogP contribution >= 0.6 is 11.3 Å². The van der Waals surface area contributed by atoms with Gasteiger partial charge in [0.15, 0.2) is 0 Å². The summed E-state index contributed by atoms with van der Waals surface area (Å²) in [5.41, 5.74) is 1.22. The molecule has 0 aromatic carbocycles. The van der Waals surface area contributed by atoms with Gasteiger partial charge in [-0.25, -0.2) is 0 Å². The van der Waals surface area contributed by atoms with Crippen LogP contribution in [-0.4, -0.2) is 85.5 Å². The molecule has 6 nitrogen and oxygen atoms in total. The van der Waals surface area contributed by atoms with E-state index in [1.54, 1.807) is 11.3 Å². The molecule has 0 radical (unpaired) electrons. The van der Waals surface area contributed by atoms with Gasteiger partial charge in [-0.05, 0) is 43.9 Å². The molecule has 3 heterocycles. The summed E-state index contributed by atoms with van der Waals surface area (Å²) in [6, 6.07) is 2.05. The van der Waals surface area contributed by atoms with E-state index in [1.165, 1.54) is 16.9 Å². The zero-order valence-corrected chi connectivity index (χ0v) is 17.6. The molecule has 2 saturated heterocycles. The Morgan fingerprint density at radius 2 is 1.86 bits per heavy atom. The highest BCUT2D eigenvalue weighted by Gasteiger charge is 2.32. The molecule has 1 aromatic heterocycles. The van der Waals surface area contributed by atoms with Gasteiger partial charge in [0.05, 0.1) is 18.1 Å². The lowest BCUT2D eigenvalue weighted by Gasteiger charge is -2.37. The van der Waals surface area contributed by atoms with Crippen molar-refractivity contribution < 1.29 is 14.3 Å². The predicted molar refractivity (Wildman–Crippen MR) is 110 cm³/mol. The molecule has 28 heavy (non-hydrogen) atoms. The van der Waals surface area contributed by atoms with Crippen LogP contribution in [0.25, 0.3) is 0 Å². The van der Waals surface area contributed by atoms with E-state index in [-0.39, 0.29) is 11.8 Å². The number of ether oxygens (including phenoxy) is 1. The second kappa shape index (κ2) is 8.93. The average Bonchev–Trinajstić information content (AvgIpc) is 3.17. The van der Waals surface area contributed by atoms with Crippen molar-refractivity contribution in [1.29, 1.82) is 0 Å². The monoisotopic (exact) mass is 405 g/mol. The lowest BCUT2D eigenvalue weighted by molar-refractivity contribution is -0.137. The van der Waals surface area contributed by atoms with E-state index in [9.17, 15) is 9.59 Å². The molecule has 1 aromatic rings. The Labute approximate surface area is 171 Å². The van der Waals surface area contributed by atoms with Gasteiger partial charge in [0.2, 0.25) is 5.91 Å². The van der Waals surface area contributed by atoms with E-state index >= 15 is 0 Å². The van der Waals surface area contributed by atoms with E-state index in [4.69, 9.17) is 4.74 Å². The van der Waals surface area contributed by atoms with Gasteiger partial charge in [0.25, 0.3) is 5.91 Å². The number of amides is 2. The Morgan fingerprint density at radius 1 is 1.11 bits per heavy atom. The first-order valence-corrected chi connectivity index (χ1v) is 11.5. The Balaban J connectivity index is 1.36. The number of thiophene rings is 1. The van der Waals surface area contributed by atoms with Crippen LogP contribution in [0.2, 0.25) is 0 Å². The summed E-state index contributed by atoms with van der Waals surface area (Å²) in [5.74, 6) is 0.512. The molecular formula is C21H31N3O3S. The maximum absolute atomic E-state index is 13.0. The number of nitrogens with zero attached hydrogens (tertiary/aromatic N) is 3. The third-order valence-corrected chi connectivity index (χ3v) is 7.39. The number of carbonyl (C=O) groups is 2. The molecule has 0 saturated carbocycles. The van der Waals surface area contributed by atoms with Crippen molar-refractivity contribution in [2.24, 2.45) is 5.92 Å². The normalized spacial score (nSPS) is 23.5. The minimum atomic E-state index is 0.0752. The molecule has 2 aliphatic heterocycles. The van der Waals surface area contributed by atoms with Crippen molar-refractivity contribution in [2.75, 3.05) is 59.0 Å². The molecule has 2 fully saturated rings. The van der Waals surface area contributed by atoms with Crippen molar-refractivity contribution in [2.45, 2.75) is 32.6 Å². The Hall–Kier alpha value is -1.44. The van der Waals surface area contributed by atoms with E-state index in [2.05, 4.69) is 22.8 Å². The van der Waals surface area contributed by atoms with Crippen LogP contribution in [0.4, 0.5) is 0 Å². The third kappa shape index (κ3) is 4.26. The van der Waals surface area contributed by atoms with Crippen LogP contribution in [0.5, 0.6) is 0 Å². The van der Waals surface area contributed by atoms with Crippen LogP contribution in [-0.2, 0) is 22.4 Å². The number of hydrogen-bond donors (Lipinski definition) is 0. The topological polar surface area (TPSA) is 53.1 Å². The number of carbonyl (C=O) groups excluding carboxylic acids is 2. The largest absolute Gasteiger partial charge is 0.378 e. The maximum Gasteiger partial charge on any atom is 0.264 e. The molecule has 2 amide bonds. The highest BCUT2D eigenvalue weighted by Crippen LogP contribution is 2.34. The van der Waals surface area contributed by atoms with Crippen molar-refractivity contribution >= 4 is 23.2 Å². The Morgan fingerprint density at radius 3 is 2.57 bits per heavy atom. The molecule has 1 aliphatic carbocycles. The molecule has 3 aliphatic rings. The van der Waals surface area contributed by atoms with Crippen LogP contribution < -0.4 is 0 Å². The lowest BCUT2D eigenvalue weighted by atomic mass is 9.87. The summed E-state index contributed by atoms with van der Waals surface area (Å²) in [7, 11) is 0. The van der Waals surface area contributed by atoms with Gasteiger partial charge in [-0.1, -0.05) is 6.92 Å². The fourth-order valence-electron chi connectivity index (χ4n) is 4.53. The minimum Gasteiger partial charge on any atom is -0.378 e. The van der Waals surface area contributed by atoms with Crippen molar-refractivity contribution in [3.8, 4) is 0 Å². The first-order chi connectivity index (χ1) is 13.7. The molecule has 1 atom stereocenters. The minimum absolute atomic E-state index is 0.0752. The second-order valence-corrected chi connectivity index (χ2v) is 9.21. The predicted octanol–water partition coefficient (Wildman–Crippen LogP) is 1.88. The number of rotatable bonds is 4. The number of fused-ring (bicyclic) bond motifs is 1. The standard InChI is InChI=1S/C21H31N3O3S/c1-2-5-22-6-8-23(9-7-22)20(25)16-3-4-18-17(14-16)15-19(28-18)21(26)24-10-12-27-13-11-24/h15-16H,2-14H2,1H3/t16-/m0/s1. The molecular weight excluding hydrogens is 374 g/mol. The number of hydrogen-bond acceptors (Lipinski definition) is 5. The molecule has 0 spiro atoms. The zero-order chi connectivity index (χ0) is 19.5. The number of piperazine rings is 1. The van der Waals surface area contributed by atoms with Gasteiger partial charge < -0.3 is 14.5 Å². The number of aryl methyl sites for hydroxylation is 1. The van der Waals surface area contributed by atoms with Gasteiger partial charge in [-0.3, -0.25) is 14.5 Å². The summed E-state index contributed by atoms with van der Waals surface area (Å²) >= 11 is 1.63. The van der Waals surface area contributed by atoms with Gasteiger partial charge >= 0.3 is 0 Å². The highest BCUT2D eigenvalue weighted by atomic mass is 32.1. The summed E-state index contributed by atoms with van der Waals surface area (Å²) < 4.78 is 5.35. The Bertz CT molecular complexity index is 706. The van der Waals surface area contributed by atoms with Gasteiger partial charge in [-0.15, -0.1) is 11.3 Å². The van der Waals surface area contributed by atoms with Crippen LogP contribution in [0, 0.1) is 5.92 Å². The molecule has 0 unspecified atom stereocenters. The summed E-state index contributed by atoms with van der Waals surface area (Å²) in [6.07, 6.45) is 3.79. The fourth-order valence-corrected chi connectivity index (χ4v) is 5.70. The van der Waals surface area contributed by atoms with E-state index in [0.29, 0.717) is 32.2 Å². The van der Waals surface area contributed by atoms with Gasteiger partial charge in [-0.2, -0.15) is 0 Å². The zero-order valence-electron chi connectivity index (χ0n) is 16.8. The highest BCUT2D eigenvalue weighted by molar-refractivity contribution is 7.14. The average molecular weight is 406 g/mol. The van der Waals surface area contributed by atoms with Crippen LogP contribution in [0.1, 0.15) is 39.9 Å². The first-order valence-electron chi connectivity index (χ1n) is 10.7.